The van der Waals surface area contributed by atoms with Crippen molar-refractivity contribution in [3.63, 3.8) is 0 Å². The van der Waals surface area contributed by atoms with E-state index in [-0.39, 0.29) is 48.9 Å². The summed E-state index contributed by atoms with van der Waals surface area (Å²) in [5.41, 5.74) is 19.6. The van der Waals surface area contributed by atoms with Crippen molar-refractivity contribution in [1.29, 1.82) is 0 Å². The smallest absolute Gasteiger partial charge is 0.320 e. The third kappa shape index (κ3) is 43.2. The largest absolute Gasteiger partial charge is 0.338 e. The molecule has 8 aliphatic heterocycles. The second-order valence-corrected chi connectivity index (χ2v) is 42.2. The normalized spacial score (nSPS) is 17.5. The van der Waals surface area contributed by atoms with Crippen molar-refractivity contribution in [2.75, 3.05) is 65.6 Å². The van der Waals surface area contributed by atoms with E-state index in [0.717, 1.165) is 88.6 Å². The van der Waals surface area contributed by atoms with Gasteiger partial charge in [-0.15, -0.1) is 0 Å². The molecule has 2 aromatic rings. The lowest BCUT2D eigenvalue weighted by atomic mass is 9.95. The Labute approximate surface area is 775 Å². The zero-order valence-corrected chi connectivity index (χ0v) is 88.8. The van der Waals surface area contributed by atoms with Gasteiger partial charge in [-0.25, -0.2) is 4.79 Å². The van der Waals surface area contributed by atoms with Crippen molar-refractivity contribution >= 4 is 63.6 Å². The van der Waals surface area contributed by atoms with Crippen LogP contribution in [0.15, 0.2) is 127 Å². The zero-order chi connectivity index (χ0) is 96.6. The monoisotopic (exact) mass is 1750 g/mol. The molecule has 0 bridgehead atoms. The molecule has 8 heterocycles. The molecule has 126 heavy (non-hydrogen) atoms. The maximum absolute atomic E-state index is 11.6. The highest BCUT2D eigenvalue weighted by molar-refractivity contribution is 6.08. The highest BCUT2D eigenvalue weighted by atomic mass is 16.2. The summed E-state index contributed by atoms with van der Waals surface area (Å²) in [6.45, 7) is 99.2. The van der Waals surface area contributed by atoms with Crippen molar-refractivity contribution in [3.05, 3.63) is 118 Å². The van der Waals surface area contributed by atoms with Gasteiger partial charge in [-0.1, -0.05) is 252 Å². The van der Waals surface area contributed by atoms with Crippen LogP contribution < -0.4 is 0 Å². The van der Waals surface area contributed by atoms with E-state index in [2.05, 4.69) is 364 Å². The summed E-state index contributed by atoms with van der Waals surface area (Å²) in [6, 6.07) is 20.4. The van der Waals surface area contributed by atoms with Crippen molar-refractivity contribution in [1.82, 2.24) is 39.2 Å². The van der Waals surface area contributed by atoms with Crippen LogP contribution in [0.5, 0.6) is 0 Å². The maximum atomic E-state index is 11.6. The molecule has 0 saturated carbocycles. The first kappa shape index (κ1) is 117. The number of aliphatic imine (C=N–C) groups is 3. The number of rotatable bonds is 18. The van der Waals surface area contributed by atoms with Gasteiger partial charge in [0.1, 0.15) is 13.1 Å². The Balaban J connectivity index is 0.000000694. The van der Waals surface area contributed by atoms with Crippen LogP contribution in [0.4, 0.5) is 10.5 Å². The fraction of sp³-hybridized carbons (Fsp3) is 0.716. The Morgan fingerprint density at radius 3 is 0.897 bits per heavy atom. The lowest BCUT2D eigenvalue weighted by molar-refractivity contribution is -0.153. The van der Waals surface area contributed by atoms with Gasteiger partial charge in [0.2, 0.25) is 17.7 Å². The number of nitrogens with zero attached hydrogens (tertiary/aromatic N) is 13. The molecule has 2 aliphatic carbocycles. The first-order chi connectivity index (χ1) is 58.6. The second kappa shape index (κ2) is 59.4. The average molecular weight is 1750 g/mol. The molecule has 4 saturated heterocycles. The van der Waals surface area contributed by atoms with Gasteiger partial charge in [-0.05, 0) is 234 Å². The summed E-state index contributed by atoms with van der Waals surface area (Å²) >= 11 is 0. The van der Waals surface area contributed by atoms with Crippen molar-refractivity contribution < 1.29 is 19.2 Å². The zero-order valence-electron chi connectivity index (χ0n) is 88.8. The Morgan fingerprint density at radius 1 is 0.286 bits per heavy atom. The van der Waals surface area contributed by atoms with E-state index in [0.29, 0.717) is 90.1 Å². The van der Waals surface area contributed by atoms with Crippen molar-refractivity contribution in [3.8, 4) is 0 Å². The van der Waals surface area contributed by atoms with E-state index in [1.165, 1.54) is 87.2 Å². The van der Waals surface area contributed by atoms with Gasteiger partial charge in [0.25, 0.3) is 0 Å². The van der Waals surface area contributed by atoms with Crippen LogP contribution >= 0.6 is 0 Å². The molecule has 4 fully saturated rings. The van der Waals surface area contributed by atoms with Gasteiger partial charge in [0.15, 0.2) is 0 Å². The minimum Gasteiger partial charge on any atom is -0.338 e. The van der Waals surface area contributed by atoms with Crippen LogP contribution in [0.1, 0.15) is 333 Å². The van der Waals surface area contributed by atoms with Gasteiger partial charge < -0.3 is 24.5 Å². The number of amides is 5. The third-order valence-corrected chi connectivity index (χ3v) is 23.5. The number of carbonyl (C=O) groups is 4. The summed E-state index contributed by atoms with van der Waals surface area (Å²) < 4.78 is 0. The fourth-order valence-electron chi connectivity index (χ4n) is 14.4. The molecular weight excluding hydrogens is 1560 g/mol. The first-order valence-corrected chi connectivity index (χ1v) is 49.2. The Hall–Kier alpha value is -6.95. The molecule has 17 nitrogen and oxygen atoms in total. The summed E-state index contributed by atoms with van der Waals surface area (Å²) in [6.07, 6.45) is 17.6. The standard InChI is InChI=1S/C12H14.C11H13N.C11H18.C10H18N2O2.C10H20N2O.2C10H17N.C9H18N2O.C9H20N2.C9H16N2.2C4H10/c1-9(2)11-8-7-10-5-3-4-6-12(10)11;1-8(2)11-7-9-5-3-4-6-10(9)12-11;1-8(2)10-5-6-11(7-10)9(3)4;1-7(2)11-5-10(14)12(8(3)4)6-9(11)13;1-8(2)11-5-6-12(9(3)4)10(13)7-11;2*1-7(2)9-5-10(8(3)4)11-6-9;1-7(2)10-5-6-11(8(3)4)9(10)12;1-8(2)10-5-6-11(7-10)9(3)4;1-6(2)8-5-9(7(3)4)11-10-8;2*1-4(2)3/h3-6,8-9H,7H2,1-2H3;3-6,8H,7H2,1-2H3;5-6,8-9H,7H2,1-4H3;7-8H,5-6H2,1-4H3;8-9H,5-7H2,1-4H3;2*6-8H,5H2,1-4H3;7-8H,5-6H2,1-4H3;8-9H,5-7H2,1-4H3;6-7H,5H2,1-4H3;2*4H,1-3H3. The lowest BCUT2D eigenvalue weighted by Crippen LogP contribution is -2.57. The molecule has 12 rings (SSSR count). The van der Waals surface area contributed by atoms with Crippen LogP contribution in [0, 0.1) is 71.0 Å². The van der Waals surface area contributed by atoms with E-state index in [4.69, 9.17) is 0 Å². The number of piperazine rings is 2. The third-order valence-electron chi connectivity index (χ3n) is 23.5. The minimum atomic E-state index is 0.0494. The first-order valence-electron chi connectivity index (χ1n) is 49.2. The molecule has 2 aromatic carbocycles. The Kier molecular flexibility index (Phi) is 55.2. The summed E-state index contributed by atoms with van der Waals surface area (Å²) in [7, 11) is 0. The van der Waals surface area contributed by atoms with Gasteiger partial charge in [-0.2, -0.15) is 10.2 Å². The van der Waals surface area contributed by atoms with Crippen LogP contribution in [-0.4, -0.2) is 205 Å². The van der Waals surface area contributed by atoms with Crippen LogP contribution in [0.3, 0.4) is 0 Å². The van der Waals surface area contributed by atoms with Crippen LogP contribution in [-0.2, 0) is 27.2 Å². The Bertz CT molecular complexity index is 3530. The van der Waals surface area contributed by atoms with Gasteiger partial charge in [-0.3, -0.25) is 44.1 Å². The molecule has 0 unspecified atom stereocenters. The second-order valence-electron chi connectivity index (χ2n) is 42.2. The molecule has 716 valence electrons. The summed E-state index contributed by atoms with van der Waals surface area (Å²) in [5.74, 6) is 8.38. The molecular formula is C109H191N13O4. The molecule has 0 radical (unpaired) electrons. The SMILES string of the molecule is CC(C)C.CC(C)C.CC(C)C1=CC=C(C(C)C)C1.CC(C)C1=CCc2ccccc21.CC(C)C1=CN=C(C(C)C)C1.CC(C)C1=CN=C(C(C)C)C1.CC(C)C1=NN=C(C(C)C)C1.CC(C)C1=Nc2ccccc2C1.CC(C)N1CC(=O)N(C(C)C)CC1=O.CC(C)N1CCN(C(C)C)C(=O)C1.CC(C)N1CCN(C(C)C)C1.CC(C)N1CCN(C(C)C)C1=O. The number of carbonyl (C=O) groups excluding carboxylic acids is 4. The number of hydrogen-bond donors (Lipinski definition) is 0. The molecule has 5 amide bonds. The number of fused-ring (bicyclic) bond motifs is 2. The van der Waals surface area contributed by atoms with Crippen LogP contribution in [0.2, 0.25) is 0 Å². The van der Waals surface area contributed by atoms with Gasteiger partial charge >= 0.3 is 6.03 Å². The quantitative estimate of drug-likeness (QED) is 0.144. The molecule has 10 aliphatic rings. The topological polar surface area (TPSA) is 156 Å². The fourth-order valence-corrected chi connectivity index (χ4v) is 14.4. The molecule has 0 spiro atoms. The number of benzene rings is 2. The number of urea groups is 1. The van der Waals surface area contributed by atoms with Crippen molar-refractivity contribution in [2.24, 2.45) is 96.2 Å². The van der Waals surface area contributed by atoms with Gasteiger partial charge in [0, 0.05) is 154 Å². The van der Waals surface area contributed by atoms with E-state index in [9.17, 15) is 19.2 Å². The number of para-hydroxylation sites is 1. The average Bonchev–Trinajstić information content (AvgIpc) is 1.71. The van der Waals surface area contributed by atoms with Crippen molar-refractivity contribution in [2.45, 2.75) is 378 Å². The summed E-state index contributed by atoms with van der Waals surface area (Å²) in [5, 5.41) is 8.28. The number of hydrogen-bond acceptors (Lipinski definition) is 12. The Morgan fingerprint density at radius 2 is 0.619 bits per heavy atom. The lowest BCUT2D eigenvalue weighted by Gasteiger charge is -2.38. The van der Waals surface area contributed by atoms with E-state index in [1.807, 2.05) is 60.9 Å². The minimum absolute atomic E-state index is 0.0494. The number of allylic oxidation sites excluding steroid dienone is 8. The maximum Gasteiger partial charge on any atom is 0.320 e. The highest BCUT2D eigenvalue weighted by Crippen LogP contribution is 2.34. The van der Waals surface area contributed by atoms with Gasteiger partial charge in [0.05, 0.1) is 18.9 Å². The predicted molar refractivity (Wildman–Crippen MR) is 550 cm³/mol. The molecule has 17 heteroatoms. The predicted octanol–water partition coefficient (Wildman–Crippen LogP) is 26.0. The van der Waals surface area contributed by atoms with E-state index >= 15 is 0 Å². The van der Waals surface area contributed by atoms with E-state index < -0.39 is 0 Å². The molecule has 0 N–H and O–H groups in total. The summed E-state index contributed by atoms with van der Waals surface area (Å²) in [4.78, 5) is 76.2. The van der Waals surface area contributed by atoms with Crippen LogP contribution in [0.25, 0.3) is 5.57 Å². The molecule has 0 atom stereocenters. The highest BCUT2D eigenvalue weighted by Gasteiger charge is 2.34. The van der Waals surface area contributed by atoms with E-state index in [1.54, 1.807) is 20.9 Å². The molecule has 0 aromatic heterocycles.